The lowest BCUT2D eigenvalue weighted by atomic mass is 10.1. The highest BCUT2D eigenvalue weighted by atomic mass is 16.3. The average Bonchev–Trinajstić information content (AvgIpc) is 3.46. The summed E-state index contributed by atoms with van der Waals surface area (Å²) in [6, 6.07) is 1.74. The van der Waals surface area contributed by atoms with Crippen LogP contribution in [0.1, 0.15) is 54.1 Å². The highest BCUT2D eigenvalue weighted by Gasteiger charge is 2.33. The van der Waals surface area contributed by atoms with Crippen LogP contribution < -0.4 is 10.9 Å². The highest BCUT2D eigenvalue weighted by molar-refractivity contribution is 6.05. The molecule has 0 spiro atoms. The number of aliphatic hydroxyl groups is 1. The third-order valence-electron chi connectivity index (χ3n) is 5.02. The topological polar surface area (TPSA) is 100 Å². The Bertz CT molecular complexity index is 845. The van der Waals surface area contributed by atoms with Crippen molar-refractivity contribution < 1.29 is 9.90 Å². The number of carbonyl (C=O) groups is 1. The van der Waals surface area contributed by atoms with Gasteiger partial charge < -0.3 is 10.4 Å². The Hall–Kier alpha value is -2.15. The van der Waals surface area contributed by atoms with E-state index in [1.807, 2.05) is 0 Å². The first-order chi connectivity index (χ1) is 11.6. The normalized spacial score (nSPS) is 18.8. The number of pyridine rings is 1. The largest absolute Gasteiger partial charge is 0.396 e. The molecular weight excluding hydrogens is 308 g/mol. The molecule has 2 heterocycles. The smallest absolute Gasteiger partial charge is 0.274 e. The van der Waals surface area contributed by atoms with Crippen LogP contribution in [0.2, 0.25) is 0 Å². The van der Waals surface area contributed by atoms with Crippen LogP contribution in [0, 0.1) is 5.92 Å². The molecule has 1 amide bonds. The summed E-state index contributed by atoms with van der Waals surface area (Å²) in [4.78, 5) is 29.7. The molecule has 1 unspecified atom stereocenters. The second kappa shape index (κ2) is 5.73. The van der Waals surface area contributed by atoms with Crippen molar-refractivity contribution in [1.29, 1.82) is 0 Å². The number of aromatic nitrogens is 3. The van der Waals surface area contributed by atoms with E-state index in [0.29, 0.717) is 34.9 Å². The van der Waals surface area contributed by atoms with Crippen LogP contribution in [0.25, 0.3) is 11.0 Å². The maximum absolute atomic E-state index is 12.9. The van der Waals surface area contributed by atoms with Crippen LogP contribution in [0.3, 0.4) is 0 Å². The second-order valence-electron chi connectivity index (χ2n) is 7.00. The second-order valence-corrected chi connectivity index (χ2v) is 7.00. The molecule has 2 saturated carbocycles. The van der Waals surface area contributed by atoms with E-state index in [-0.39, 0.29) is 24.1 Å². The average molecular weight is 330 g/mol. The molecule has 0 aromatic carbocycles. The monoisotopic (exact) mass is 330 g/mol. The van der Waals surface area contributed by atoms with Gasteiger partial charge in [0, 0.05) is 31.3 Å². The van der Waals surface area contributed by atoms with Crippen molar-refractivity contribution >= 4 is 16.9 Å². The first-order valence-corrected chi connectivity index (χ1v) is 8.60. The van der Waals surface area contributed by atoms with Gasteiger partial charge in [-0.3, -0.25) is 19.4 Å². The minimum Gasteiger partial charge on any atom is -0.396 e. The molecule has 128 valence electrons. The van der Waals surface area contributed by atoms with Crippen molar-refractivity contribution in [2.45, 2.75) is 44.1 Å². The maximum atomic E-state index is 12.9. The van der Waals surface area contributed by atoms with Gasteiger partial charge >= 0.3 is 0 Å². The maximum Gasteiger partial charge on any atom is 0.274 e. The number of aliphatic hydroxyl groups excluding tert-OH is 1. The summed E-state index contributed by atoms with van der Waals surface area (Å²) in [5, 5.41) is 15.3. The standard InChI is InChI=1S/C17H22N4O3/c1-21-15-14(17(24)20-21)11(8-13(18-15)10-4-5-10)16(23)19-12(6-7-22)9-2-3-9/h8-10,12,22H,2-7H2,1H3,(H,19,23)(H,20,24). The first kappa shape index (κ1) is 15.4. The molecule has 2 aliphatic rings. The first-order valence-electron chi connectivity index (χ1n) is 8.60. The zero-order chi connectivity index (χ0) is 16.8. The summed E-state index contributed by atoms with van der Waals surface area (Å²) in [5.41, 5.74) is 1.51. The lowest BCUT2D eigenvalue weighted by Crippen LogP contribution is -2.37. The van der Waals surface area contributed by atoms with Crippen molar-refractivity contribution in [3.63, 3.8) is 0 Å². The minimum absolute atomic E-state index is 0.0297. The number of aryl methyl sites for hydroxylation is 1. The summed E-state index contributed by atoms with van der Waals surface area (Å²) >= 11 is 0. The quantitative estimate of drug-likeness (QED) is 0.736. The van der Waals surface area contributed by atoms with Crippen molar-refractivity contribution in [3.05, 3.63) is 27.7 Å². The van der Waals surface area contributed by atoms with E-state index in [2.05, 4.69) is 15.4 Å². The fourth-order valence-electron chi connectivity index (χ4n) is 3.36. The fraction of sp³-hybridized carbons (Fsp3) is 0.588. The van der Waals surface area contributed by atoms with Gasteiger partial charge in [-0.05, 0) is 44.1 Å². The zero-order valence-corrected chi connectivity index (χ0v) is 13.7. The molecular formula is C17H22N4O3. The van der Waals surface area contributed by atoms with E-state index in [1.165, 1.54) is 0 Å². The molecule has 24 heavy (non-hydrogen) atoms. The molecule has 2 aromatic heterocycles. The van der Waals surface area contributed by atoms with Crippen LogP contribution in [-0.2, 0) is 7.05 Å². The molecule has 4 rings (SSSR count). The number of aromatic amines is 1. The molecule has 0 aliphatic heterocycles. The van der Waals surface area contributed by atoms with Gasteiger partial charge in [0.05, 0.1) is 10.9 Å². The van der Waals surface area contributed by atoms with Gasteiger partial charge in [-0.1, -0.05) is 0 Å². The SMILES string of the molecule is Cn1[nH]c(=O)c2c(C(=O)NC(CCO)C3CC3)cc(C3CC3)nc21. The lowest BCUT2D eigenvalue weighted by Gasteiger charge is -2.17. The van der Waals surface area contributed by atoms with Crippen LogP contribution in [0.4, 0.5) is 0 Å². The number of hydrogen-bond acceptors (Lipinski definition) is 4. The molecule has 7 heteroatoms. The van der Waals surface area contributed by atoms with Gasteiger partial charge in [0.15, 0.2) is 5.65 Å². The summed E-state index contributed by atoms with van der Waals surface area (Å²) in [6.07, 6.45) is 4.86. The number of hydrogen-bond donors (Lipinski definition) is 3. The fourth-order valence-corrected chi connectivity index (χ4v) is 3.36. The summed E-state index contributed by atoms with van der Waals surface area (Å²) in [5.74, 6) is 0.587. The molecule has 3 N–H and O–H groups in total. The number of carbonyl (C=O) groups excluding carboxylic acids is 1. The van der Waals surface area contributed by atoms with Gasteiger partial charge in [-0.25, -0.2) is 4.98 Å². The Balaban J connectivity index is 1.73. The summed E-state index contributed by atoms with van der Waals surface area (Å²) < 4.78 is 1.58. The van der Waals surface area contributed by atoms with E-state index in [4.69, 9.17) is 0 Å². The Morgan fingerprint density at radius 1 is 1.46 bits per heavy atom. The van der Waals surface area contributed by atoms with E-state index in [0.717, 1.165) is 31.4 Å². The molecule has 7 nitrogen and oxygen atoms in total. The molecule has 0 saturated heterocycles. The van der Waals surface area contributed by atoms with Crippen LogP contribution in [0.15, 0.2) is 10.9 Å². The third kappa shape index (κ3) is 2.73. The van der Waals surface area contributed by atoms with E-state index in [1.54, 1.807) is 17.8 Å². The van der Waals surface area contributed by atoms with Gasteiger partial charge in [0.2, 0.25) is 0 Å². The van der Waals surface area contributed by atoms with Crippen LogP contribution >= 0.6 is 0 Å². The highest BCUT2D eigenvalue weighted by Crippen LogP contribution is 2.40. The Morgan fingerprint density at radius 2 is 2.21 bits per heavy atom. The predicted octanol–water partition coefficient (Wildman–Crippen LogP) is 1.03. The number of nitrogens with zero attached hydrogens (tertiary/aromatic N) is 2. The van der Waals surface area contributed by atoms with Crippen molar-refractivity contribution in [2.24, 2.45) is 13.0 Å². The summed E-state index contributed by atoms with van der Waals surface area (Å²) in [6.45, 7) is 0.0481. The van der Waals surface area contributed by atoms with Crippen molar-refractivity contribution in [3.8, 4) is 0 Å². The minimum atomic E-state index is -0.294. The lowest BCUT2D eigenvalue weighted by molar-refractivity contribution is 0.0925. The Kier molecular flexibility index (Phi) is 3.68. The Labute approximate surface area is 139 Å². The van der Waals surface area contributed by atoms with Crippen molar-refractivity contribution in [1.82, 2.24) is 20.1 Å². The number of fused-ring (bicyclic) bond motifs is 1. The van der Waals surface area contributed by atoms with E-state index in [9.17, 15) is 14.7 Å². The number of amides is 1. The molecule has 0 bridgehead atoms. The molecule has 0 radical (unpaired) electrons. The molecule has 2 fully saturated rings. The Morgan fingerprint density at radius 3 is 2.83 bits per heavy atom. The van der Waals surface area contributed by atoms with Gasteiger partial charge in [0.25, 0.3) is 11.5 Å². The number of rotatable bonds is 6. The molecule has 1 atom stereocenters. The third-order valence-corrected chi connectivity index (χ3v) is 5.02. The van der Waals surface area contributed by atoms with E-state index < -0.39 is 0 Å². The summed E-state index contributed by atoms with van der Waals surface area (Å²) in [7, 11) is 1.73. The molecule has 2 aliphatic carbocycles. The predicted molar refractivity (Wildman–Crippen MR) is 89.0 cm³/mol. The van der Waals surface area contributed by atoms with Crippen molar-refractivity contribution in [2.75, 3.05) is 6.61 Å². The molecule has 2 aromatic rings. The van der Waals surface area contributed by atoms with Gasteiger partial charge in [-0.2, -0.15) is 0 Å². The van der Waals surface area contributed by atoms with Crippen LogP contribution in [-0.4, -0.2) is 38.4 Å². The van der Waals surface area contributed by atoms with E-state index >= 15 is 0 Å². The van der Waals surface area contributed by atoms with Crippen LogP contribution in [0.5, 0.6) is 0 Å². The zero-order valence-electron chi connectivity index (χ0n) is 13.7. The van der Waals surface area contributed by atoms with Gasteiger partial charge in [-0.15, -0.1) is 0 Å². The number of nitrogens with one attached hydrogen (secondary N) is 2. The van der Waals surface area contributed by atoms with Gasteiger partial charge in [0.1, 0.15) is 0 Å². The number of H-pyrrole nitrogens is 1.